The van der Waals surface area contributed by atoms with Crippen molar-refractivity contribution in [3.8, 4) is 5.75 Å². The highest BCUT2D eigenvalue weighted by atomic mass is 19.1. The van der Waals surface area contributed by atoms with Crippen LogP contribution in [0, 0.1) is 5.82 Å². The smallest absolute Gasteiger partial charge is 0.291 e. The highest BCUT2D eigenvalue weighted by Gasteiger charge is 2.14. The first-order valence-corrected chi connectivity index (χ1v) is 9.24. The maximum atomic E-state index is 12.9. The second-order valence-electron chi connectivity index (χ2n) is 6.47. The lowest BCUT2D eigenvalue weighted by molar-refractivity contribution is 0.0992. The van der Waals surface area contributed by atoms with Crippen LogP contribution in [0.2, 0.25) is 0 Å². The van der Waals surface area contributed by atoms with E-state index in [9.17, 15) is 9.18 Å². The normalized spacial score (nSPS) is 13.9. The van der Waals surface area contributed by atoms with Crippen LogP contribution in [0.3, 0.4) is 0 Å². The van der Waals surface area contributed by atoms with Gasteiger partial charge in [-0.05, 0) is 48.5 Å². The van der Waals surface area contributed by atoms with Crippen molar-refractivity contribution in [3.63, 3.8) is 0 Å². The van der Waals surface area contributed by atoms with E-state index < -0.39 is 0 Å². The van der Waals surface area contributed by atoms with E-state index in [1.54, 1.807) is 24.4 Å². The van der Waals surface area contributed by atoms with Crippen molar-refractivity contribution in [1.29, 1.82) is 0 Å². The molecule has 0 aliphatic carbocycles. The lowest BCUT2D eigenvalue weighted by Gasteiger charge is -2.27. The van der Waals surface area contributed by atoms with Crippen LogP contribution in [0.1, 0.15) is 16.3 Å². The van der Waals surface area contributed by atoms with Gasteiger partial charge in [-0.2, -0.15) is 0 Å². The molecular formula is C21H20FN3O4. The second kappa shape index (κ2) is 8.74. The molecule has 4 rings (SSSR count). The summed E-state index contributed by atoms with van der Waals surface area (Å²) in [5.74, 6) is 1.31. The minimum absolute atomic E-state index is 0.134. The first-order chi connectivity index (χ1) is 14.2. The lowest BCUT2D eigenvalue weighted by Crippen LogP contribution is -2.36. The van der Waals surface area contributed by atoms with Gasteiger partial charge in [0.2, 0.25) is 0 Å². The molecule has 0 bridgehead atoms. The number of furan rings is 1. The van der Waals surface area contributed by atoms with Gasteiger partial charge in [-0.25, -0.2) is 9.37 Å². The average molecular weight is 397 g/mol. The Morgan fingerprint density at radius 1 is 1.10 bits per heavy atom. The van der Waals surface area contributed by atoms with E-state index in [4.69, 9.17) is 13.9 Å². The molecule has 8 heteroatoms. The zero-order chi connectivity index (χ0) is 20.1. The summed E-state index contributed by atoms with van der Waals surface area (Å²) < 4.78 is 29.3. The molecule has 7 nitrogen and oxygen atoms in total. The van der Waals surface area contributed by atoms with Gasteiger partial charge in [-0.3, -0.25) is 4.79 Å². The van der Waals surface area contributed by atoms with Crippen LogP contribution in [0.15, 0.2) is 59.1 Å². The lowest BCUT2D eigenvalue weighted by atomic mass is 10.3. The van der Waals surface area contributed by atoms with E-state index >= 15 is 0 Å². The predicted molar refractivity (Wildman–Crippen MR) is 105 cm³/mol. The van der Waals surface area contributed by atoms with Gasteiger partial charge in [-0.1, -0.05) is 0 Å². The van der Waals surface area contributed by atoms with Crippen LogP contribution in [-0.2, 0) is 11.3 Å². The Hall–Kier alpha value is -3.39. The topological polar surface area (TPSA) is 76.8 Å². The quantitative estimate of drug-likeness (QED) is 0.686. The molecule has 1 aliphatic heterocycles. The van der Waals surface area contributed by atoms with E-state index in [0.717, 1.165) is 18.9 Å². The van der Waals surface area contributed by atoms with Gasteiger partial charge in [-0.15, -0.1) is 0 Å². The molecule has 150 valence electrons. The van der Waals surface area contributed by atoms with Crippen LogP contribution in [0.5, 0.6) is 5.75 Å². The molecule has 29 heavy (non-hydrogen) atoms. The van der Waals surface area contributed by atoms with Crippen LogP contribution in [-0.4, -0.2) is 37.2 Å². The number of benzene rings is 1. The average Bonchev–Trinajstić information content (AvgIpc) is 3.24. The molecule has 3 aromatic rings. The molecule has 1 aliphatic rings. The summed E-state index contributed by atoms with van der Waals surface area (Å²) in [4.78, 5) is 18.9. The van der Waals surface area contributed by atoms with Crippen molar-refractivity contribution in [1.82, 2.24) is 4.98 Å². The third kappa shape index (κ3) is 4.91. The number of amides is 1. The van der Waals surface area contributed by atoms with Crippen molar-refractivity contribution in [2.45, 2.75) is 6.61 Å². The minimum Gasteiger partial charge on any atom is -0.486 e. The number of nitrogens with one attached hydrogen (secondary N) is 1. The first-order valence-electron chi connectivity index (χ1n) is 9.24. The van der Waals surface area contributed by atoms with Crippen molar-refractivity contribution < 1.29 is 23.1 Å². The maximum Gasteiger partial charge on any atom is 0.291 e. The number of carbonyl (C=O) groups is 1. The van der Waals surface area contributed by atoms with Gasteiger partial charge in [0.1, 0.15) is 29.8 Å². The summed E-state index contributed by atoms with van der Waals surface area (Å²) in [5, 5.41) is 2.76. The summed E-state index contributed by atoms with van der Waals surface area (Å²) in [6.07, 6.45) is 1.62. The minimum atomic E-state index is -0.376. The molecular weight excluding hydrogens is 377 g/mol. The molecule has 1 fully saturated rings. The van der Waals surface area contributed by atoms with Gasteiger partial charge >= 0.3 is 0 Å². The number of pyridine rings is 1. The SMILES string of the molecule is O=C(Nc1ccc(N2CCOCC2)nc1)c1ccc(COc2ccc(F)cc2)o1. The molecule has 3 heterocycles. The van der Waals surface area contributed by atoms with Gasteiger partial charge in [0.25, 0.3) is 5.91 Å². The molecule has 0 unspecified atom stereocenters. The highest BCUT2D eigenvalue weighted by molar-refractivity contribution is 6.02. The van der Waals surface area contributed by atoms with E-state index in [0.29, 0.717) is 30.4 Å². The third-order valence-corrected chi connectivity index (χ3v) is 4.42. The fourth-order valence-electron chi connectivity index (χ4n) is 2.90. The van der Waals surface area contributed by atoms with Gasteiger partial charge < -0.3 is 24.1 Å². The molecule has 0 spiro atoms. The molecule has 1 saturated heterocycles. The molecule has 2 aromatic heterocycles. The van der Waals surface area contributed by atoms with Crippen molar-refractivity contribution in [3.05, 3.63) is 72.1 Å². The molecule has 1 N–H and O–H groups in total. The van der Waals surface area contributed by atoms with E-state index in [2.05, 4.69) is 15.2 Å². The number of carbonyl (C=O) groups excluding carboxylic acids is 1. The zero-order valence-corrected chi connectivity index (χ0v) is 15.6. The fraction of sp³-hybridized carbons (Fsp3) is 0.238. The standard InChI is InChI=1S/C21H20FN3O4/c22-15-1-4-17(5-2-15)28-14-18-6-7-19(29-18)21(26)24-16-3-8-20(23-13-16)25-9-11-27-12-10-25/h1-8,13H,9-12,14H2,(H,24,26). The largest absolute Gasteiger partial charge is 0.486 e. The Kier molecular flexibility index (Phi) is 5.71. The number of ether oxygens (including phenoxy) is 2. The molecule has 0 atom stereocenters. The zero-order valence-electron chi connectivity index (χ0n) is 15.6. The summed E-state index contributed by atoms with van der Waals surface area (Å²) in [5.41, 5.74) is 0.576. The highest BCUT2D eigenvalue weighted by Crippen LogP contribution is 2.18. The van der Waals surface area contributed by atoms with Crippen molar-refractivity contribution >= 4 is 17.4 Å². The number of hydrogen-bond acceptors (Lipinski definition) is 6. The van der Waals surface area contributed by atoms with Crippen LogP contribution < -0.4 is 15.0 Å². The van der Waals surface area contributed by atoms with Crippen molar-refractivity contribution in [2.24, 2.45) is 0 Å². The van der Waals surface area contributed by atoms with E-state index in [1.807, 2.05) is 6.07 Å². The van der Waals surface area contributed by atoms with Gasteiger partial charge in [0, 0.05) is 13.1 Å². The van der Waals surface area contributed by atoms with Gasteiger partial charge in [0.05, 0.1) is 25.1 Å². The molecule has 0 radical (unpaired) electrons. The number of rotatable bonds is 6. The van der Waals surface area contributed by atoms with Gasteiger partial charge in [0.15, 0.2) is 5.76 Å². The van der Waals surface area contributed by atoms with Crippen LogP contribution in [0.25, 0.3) is 0 Å². The molecule has 0 saturated carbocycles. The number of anilines is 2. The number of halogens is 1. The fourth-order valence-corrected chi connectivity index (χ4v) is 2.90. The Labute approximate surface area is 167 Å². The summed E-state index contributed by atoms with van der Waals surface area (Å²) in [6, 6.07) is 12.6. The van der Waals surface area contributed by atoms with Crippen molar-refractivity contribution in [2.75, 3.05) is 36.5 Å². The third-order valence-electron chi connectivity index (χ3n) is 4.42. The maximum absolute atomic E-state index is 12.9. The Bertz CT molecular complexity index is 951. The Balaban J connectivity index is 1.32. The monoisotopic (exact) mass is 397 g/mol. The first kappa shape index (κ1) is 18.9. The summed E-state index contributed by atoms with van der Waals surface area (Å²) in [7, 11) is 0. The Morgan fingerprint density at radius 2 is 1.90 bits per heavy atom. The van der Waals surface area contributed by atoms with Crippen LogP contribution >= 0.6 is 0 Å². The Morgan fingerprint density at radius 3 is 2.62 bits per heavy atom. The predicted octanol–water partition coefficient (Wildman–Crippen LogP) is 3.48. The van der Waals surface area contributed by atoms with E-state index in [-0.39, 0.29) is 24.1 Å². The summed E-state index contributed by atoms with van der Waals surface area (Å²) in [6.45, 7) is 3.11. The second-order valence-corrected chi connectivity index (χ2v) is 6.47. The summed E-state index contributed by atoms with van der Waals surface area (Å²) >= 11 is 0. The number of morpholine rings is 1. The van der Waals surface area contributed by atoms with E-state index in [1.165, 1.54) is 24.3 Å². The van der Waals surface area contributed by atoms with Crippen LogP contribution in [0.4, 0.5) is 15.9 Å². The number of nitrogens with zero attached hydrogens (tertiary/aromatic N) is 2. The molecule has 1 amide bonds. The number of aromatic nitrogens is 1. The number of hydrogen-bond donors (Lipinski definition) is 1. The molecule has 1 aromatic carbocycles.